The van der Waals surface area contributed by atoms with Crippen molar-refractivity contribution in [2.75, 3.05) is 14.2 Å². The molecule has 0 saturated heterocycles. The van der Waals surface area contributed by atoms with Crippen molar-refractivity contribution in [1.29, 1.82) is 0 Å². The van der Waals surface area contributed by atoms with E-state index in [9.17, 15) is 9.59 Å². The Bertz CT molecular complexity index is 797. The first kappa shape index (κ1) is 16.3. The highest BCUT2D eigenvalue weighted by molar-refractivity contribution is 8.03. The number of hydrogen-bond acceptors (Lipinski definition) is 4. The molecular weight excluding hydrogens is 322 g/mol. The zero-order chi connectivity index (χ0) is 17.1. The molecule has 0 unspecified atom stereocenters. The van der Waals surface area contributed by atoms with E-state index in [1.54, 1.807) is 19.2 Å². The molecule has 0 atom stereocenters. The summed E-state index contributed by atoms with van der Waals surface area (Å²) < 4.78 is 5.15. The molecule has 4 nitrogen and oxygen atoms in total. The SMILES string of the molecule is COc1ccc(C2=C(SCc3ccccc3)C(=O)N(C)C2=O)cc1. The largest absolute Gasteiger partial charge is 0.497 e. The Kier molecular flexibility index (Phi) is 4.71. The summed E-state index contributed by atoms with van der Waals surface area (Å²) in [5.41, 5.74) is 2.30. The highest BCUT2D eigenvalue weighted by Gasteiger charge is 2.36. The molecule has 1 aliphatic heterocycles. The number of nitrogens with zero attached hydrogens (tertiary/aromatic N) is 1. The van der Waals surface area contributed by atoms with Crippen LogP contribution in [0.3, 0.4) is 0 Å². The lowest BCUT2D eigenvalue weighted by Gasteiger charge is -2.07. The van der Waals surface area contributed by atoms with Crippen LogP contribution in [0.5, 0.6) is 5.75 Å². The van der Waals surface area contributed by atoms with Crippen molar-refractivity contribution in [2.24, 2.45) is 0 Å². The van der Waals surface area contributed by atoms with E-state index >= 15 is 0 Å². The molecule has 0 radical (unpaired) electrons. The molecule has 0 spiro atoms. The van der Waals surface area contributed by atoms with E-state index in [-0.39, 0.29) is 11.8 Å². The molecule has 0 fully saturated rings. The number of thioether (sulfide) groups is 1. The number of imide groups is 1. The molecule has 1 heterocycles. The first-order chi connectivity index (χ1) is 11.6. The first-order valence-corrected chi connectivity index (χ1v) is 8.48. The van der Waals surface area contributed by atoms with E-state index in [2.05, 4.69) is 0 Å². The number of benzene rings is 2. The number of likely N-dealkylation sites (N-methyl/N-ethyl adjacent to an activating group) is 1. The van der Waals surface area contributed by atoms with Gasteiger partial charge in [-0.1, -0.05) is 42.5 Å². The highest BCUT2D eigenvalue weighted by Crippen LogP contribution is 2.37. The molecule has 2 amide bonds. The van der Waals surface area contributed by atoms with Crippen LogP contribution >= 0.6 is 11.8 Å². The molecule has 0 N–H and O–H groups in total. The van der Waals surface area contributed by atoms with E-state index in [0.29, 0.717) is 22.0 Å². The van der Waals surface area contributed by atoms with Gasteiger partial charge in [-0.15, -0.1) is 11.8 Å². The summed E-state index contributed by atoms with van der Waals surface area (Å²) in [4.78, 5) is 26.6. The maximum absolute atomic E-state index is 12.5. The van der Waals surface area contributed by atoms with Crippen LogP contribution in [0.2, 0.25) is 0 Å². The molecule has 2 aromatic carbocycles. The lowest BCUT2D eigenvalue weighted by molar-refractivity contribution is -0.134. The van der Waals surface area contributed by atoms with Crippen molar-refractivity contribution in [3.63, 3.8) is 0 Å². The fourth-order valence-electron chi connectivity index (χ4n) is 2.49. The fraction of sp³-hybridized carbons (Fsp3) is 0.158. The molecule has 122 valence electrons. The number of amides is 2. The van der Waals surface area contributed by atoms with Gasteiger partial charge in [-0.2, -0.15) is 0 Å². The number of ether oxygens (including phenoxy) is 1. The van der Waals surface area contributed by atoms with Gasteiger partial charge in [0.2, 0.25) is 0 Å². The number of hydrogen-bond donors (Lipinski definition) is 0. The van der Waals surface area contributed by atoms with Crippen LogP contribution in [0.4, 0.5) is 0 Å². The second-order valence-electron chi connectivity index (χ2n) is 5.38. The van der Waals surface area contributed by atoms with Gasteiger partial charge in [-0.05, 0) is 23.3 Å². The van der Waals surface area contributed by atoms with Crippen LogP contribution in [-0.2, 0) is 15.3 Å². The van der Waals surface area contributed by atoms with Gasteiger partial charge >= 0.3 is 0 Å². The molecule has 0 bridgehead atoms. The van der Waals surface area contributed by atoms with Gasteiger partial charge in [0.1, 0.15) is 5.75 Å². The van der Waals surface area contributed by atoms with Crippen LogP contribution in [0.1, 0.15) is 11.1 Å². The Morgan fingerprint density at radius 3 is 2.25 bits per heavy atom. The maximum atomic E-state index is 12.5. The minimum absolute atomic E-state index is 0.244. The Labute approximate surface area is 145 Å². The predicted molar refractivity (Wildman–Crippen MR) is 95.4 cm³/mol. The molecular formula is C19H17NO3S. The summed E-state index contributed by atoms with van der Waals surface area (Å²) in [6, 6.07) is 17.1. The number of methoxy groups -OCH3 is 1. The van der Waals surface area contributed by atoms with Crippen molar-refractivity contribution in [3.05, 3.63) is 70.6 Å². The van der Waals surface area contributed by atoms with Crippen molar-refractivity contribution < 1.29 is 14.3 Å². The van der Waals surface area contributed by atoms with Crippen molar-refractivity contribution in [2.45, 2.75) is 5.75 Å². The summed E-state index contributed by atoms with van der Waals surface area (Å²) in [7, 11) is 3.11. The smallest absolute Gasteiger partial charge is 0.267 e. The van der Waals surface area contributed by atoms with Crippen LogP contribution in [0.25, 0.3) is 5.57 Å². The fourth-order valence-corrected chi connectivity index (χ4v) is 3.61. The third-order valence-corrected chi connectivity index (χ3v) is 4.99. The van der Waals surface area contributed by atoms with Crippen LogP contribution in [-0.4, -0.2) is 30.9 Å². The second-order valence-corrected chi connectivity index (χ2v) is 6.36. The van der Waals surface area contributed by atoms with Gasteiger partial charge in [-0.25, -0.2) is 0 Å². The summed E-state index contributed by atoms with van der Waals surface area (Å²) >= 11 is 1.40. The normalized spacial score (nSPS) is 14.5. The van der Waals surface area contributed by atoms with Crippen LogP contribution in [0, 0.1) is 0 Å². The maximum Gasteiger partial charge on any atom is 0.267 e. The Hall–Kier alpha value is -2.53. The Balaban J connectivity index is 1.94. The standard InChI is InChI=1S/C19H17NO3S/c1-20-18(21)16(14-8-10-15(23-2)11-9-14)17(19(20)22)24-12-13-6-4-3-5-7-13/h3-11H,12H2,1-2H3. The highest BCUT2D eigenvalue weighted by atomic mass is 32.2. The molecule has 5 heteroatoms. The van der Waals surface area contributed by atoms with Crippen molar-refractivity contribution in [3.8, 4) is 5.75 Å². The van der Waals surface area contributed by atoms with Gasteiger partial charge in [-0.3, -0.25) is 14.5 Å². The summed E-state index contributed by atoms with van der Waals surface area (Å²) in [6.45, 7) is 0. The van der Waals surface area contributed by atoms with Gasteiger partial charge in [0.05, 0.1) is 17.6 Å². The molecule has 24 heavy (non-hydrogen) atoms. The molecule has 1 aliphatic rings. The molecule has 3 rings (SSSR count). The summed E-state index contributed by atoms with van der Waals surface area (Å²) in [5.74, 6) is 0.846. The molecule has 0 aliphatic carbocycles. The minimum Gasteiger partial charge on any atom is -0.497 e. The number of carbonyl (C=O) groups excluding carboxylic acids is 2. The average Bonchev–Trinajstić information content (AvgIpc) is 2.84. The molecule has 2 aromatic rings. The average molecular weight is 339 g/mol. The summed E-state index contributed by atoms with van der Waals surface area (Å²) in [6.07, 6.45) is 0. The van der Waals surface area contributed by atoms with E-state index in [0.717, 1.165) is 11.1 Å². The van der Waals surface area contributed by atoms with E-state index in [1.807, 2.05) is 42.5 Å². The monoisotopic (exact) mass is 339 g/mol. The topological polar surface area (TPSA) is 46.6 Å². The van der Waals surface area contributed by atoms with Crippen LogP contribution in [0.15, 0.2) is 59.5 Å². The molecule has 0 aromatic heterocycles. The lowest BCUT2D eigenvalue weighted by Crippen LogP contribution is -2.26. The van der Waals surface area contributed by atoms with Gasteiger partial charge in [0.15, 0.2) is 0 Å². The minimum atomic E-state index is -0.263. The zero-order valence-electron chi connectivity index (χ0n) is 13.5. The van der Waals surface area contributed by atoms with Crippen molar-refractivity contribution >= 4 is 29.1 Å². The predicted octanol–water partition coefficient (Wildman–Crippen LogP) is 3.34. The number of rotatable bonds is 5. The zero-order valence-corrected chi connectivity index (χ0v) is 14.3. The third kappa shape index (κ3) is 3.08. The van der Waals surface area contributed by atoms with E-state index < -0.39 is 0 Å². The first-order valence-electron chi connectivity index (χ1n) is 7.49. The van der Waals surface area contributed by atoms with Gasteiger partial charge in [0.25, 0.3) is 11.8 Å². The third-order valence-electron chi connectivity index (χ3n) is 3.85. The van der Waals surface area contributed by atoms with Gasteiger partial charge < -0.3 is 4.74 Å². The Morgan fingerprint density at radius 2 is 1.62 bits per heavy atom. The Morgan fingerprint density at radius 1 is 0.958 bits per heavy atom. The van der Waals surface area contributed by atoms with E-state index in [4.69, 9.17) is 4.74 Å². The summed E-state index contributed by atoms with van der Waals surface area (Å²) in [5, 5.41) is 0. The van der Waals surface area contributed by atoms with Crippen molar-refractivity contribution in [1.82, 2.24) is 4.90 Å². The lowest BCUT2D eigenvalue weighted by atomic mass is 10.1. The molecule has 0 saturated carbocycles. The number of carbonyl (C=O) groups is 2. The van der Waals surface area contributed by atoms with Crippen LogP contribution < -0.4 is 4.74 Å². The van der Waals surface area contributed by atoms with E-state index in [1.165, 1.54) is 23.7 Å². The quantitative estimate of drug-likeness (QED) is 0.784. The van der Waals surface area contributed by atoms with Gasteiger partial charge in [0, 0.05) is 12.8 Å². The second kappa shape index (κ2) is 6.93.